The Balaban J connectivity index is 0.00000196. The Kier molecular flexibility index (Phi) is 5.89. The molecular weight excluding hydrogens is 377 g/mol. The monoisotopic (exact) mass is 399 g/mol. The van der Waals surface area contributed by atoms with Gasteiger partial charge in [-0.3, -0.25) is 4.79 Å². The number of anilines is 1. The summed E-state index contributed by atoms with van der Waals surface area (Å²) in [5.74, 6) is 0.786. The summed E-state index contributed by atoms with van der Waals surface area (Å²) in [4.78, 5) is 26.8. The van der Waals surface area contributed by atoms with Crippen molar-refractivity contribution in [2.45, 2.75) is 24.9 Å². The number of amides is 1. The Labute approximate surface area is 164 Å². The van der Waals surface area contributed by atoms with Crippen molar-refractivity contribution < 1.29 is 9.63 Å². The summed E-state index contributed by atoms with van der Waals surface area (Å²) in [6.45, 7) is 4.54. The number of pyridine rings is 1. The van der Waals surface area contributed by atoms with Crippen LogP contribution in [0.2, 0.25) is 5.02 Å². The molecule has 9 heteroatoms. The summed E-state index contributed by atoms with van der Waals surface area (Å²) in [6, 6.07) is 3.66. The summed E-state index contributed by atoms with van der Waals surface area (Å²) in [7, 11) is 0. The van der Waals surface area contributed by atoms with Gasteiger partial charge in [0.05, 0.1) is 5.02 Å². The summed E-state index contributed by atoms with van der Waals surface area (Å²) in [5, 5.41) is 8.09. The Morgan fingerprint density at radius 3 is 2.65 bits per heavy atom. The van der Waals surface area contributed by atoms with E-state index in [-0.39, 0.29) is 23.9 Å². The fourth-order valence-corrected chi connectivity index (χ4v) is 3.94. The number of nitrogens with one attached hydrogen (secondary N) is 1. The van der Waals surface area contributed by atoms with E-state index in [0.717, 1.165) is 31.7 Å². The van der Waals surface area contributed by atoms with Crippen molar-refractivity contribution in [2.24, 2.45) is 5.16 Å². The van der Waals surface area contributed by atoms with E-state index in [2.05, 4.69) is 20.4 Å². The lowest BCUT2D eigenvalue weighted by atomic mass is 9.87. The number of piperazine rings is 1. The number of hydrogen-bond acceptors (Lipinski definition) is 6. The molecule has 2 saturated heterocycles. The molecule has 0 radical (unpaired) electrons. The molecule has 1 amide bonds. The molecule has 0 aliphatic carbocycles. The van der Waals surface area contributed by atoms with E-state index < -0.39 is 0 Å². The maximum atomic E-state index is 12.8. The van der Waals surface area contributed by atoms with Gasteiger partial charge in [-0.15, -0.1) is 12.4 Å². The Hall–Kier alpha value is -1.57. The summed E-state index contributed by atoms with van der Waals surface area (Å²) in [6.07, 6.45) is 4.17. The molecule has 1 aromatic rings. The molecule has 1 N–H and O–H groups in total. The van der Waals surface area contributed by atoms with Crippen LogP contribution in [0.25, 0.3) is 0 Å². The molecular formula is C17H23Cl2N5O2. The Morgan fingerprint density at radius 2 is 1.96 bits per heavy atom. The highest BCUT2D eigenvalue weighted by molar-refractivity contribution is 6.39. The first-order valence-corrected chi connectivity index (χ1v) is 9.15. The molecule has 2 fully saturated rings. The van der Waals surface area contributed by atoms with Crippen LogP contribution in [-0.4, -0.2) is 66.4 Å². The third-order valence-electron chi connectivity index (χ3n) is 5.21. The largest absolute Gasteiger partial charge is 0.388 e. The first-order valence-electron chi connectivity index (χ1n) is 8.77. The van der Waals surface area contributed by atoms with Crippen molar-refractivity contribution in [3.8, 4) is 0 Å². The van der Waals surface area contributed by atoms with Crippen LogP contribution < -0.4 is 10.2 Å². The zero-order valence-electron chi connectivity index (χ0n) is 14.5. The van der Waals surface area contributed by atoms with Crippen LogP contribution in [0.5, 0.6) is 0 Å². The molecule has 4 heterocycles. The molecule has 26 heavy (non-hydrogen) atoms. The minimum Gasteiger partial charge on any atom is -0.388 e. The highest BCUT2D eigenvalue weighted by Crippen LogP contribution is 2.33. The fourth-order valence-electron chi connectivity index (χ4n) is 3.70. The Morgan fingerprint density at radius 1 is 1.23 bits per heavy atom. The third-order valence-corrected chi connectivity index (χ3v) is 5.50. The predicted molar refractivity (Wildman–Crippen MR) is 103 cm³/mol. The van der Waals surface area contributed by atoms with E-state index in [0.29, 0.717) is 43.3 Å². The van der Waals surface area contributed by atoms with Gasteiger partial charge in [0.25, 0.3) is 5.91 Å². The van der Waals surface area contributed by atoms with E-state index in [1.165, 1.54) is 0 Å². The number of aromatic nitrogens is 1. The van der Waals surface area contributed by atoms with Crippen LogP contribution >= 0.6 is 24.0 Å². The molecule has 3 aliphatic heterocycles. The molecule has 0 atom stereocenters. The first-order chi connectivity index (χ1) is 12.2. The Bertz CT molecular complexity index is 685. The second-order valence-corrected chi connectivity index (χ2v) is 7.23. The van der Waals surface area contributed by atoms with E-state index in [4.69, 9.17) is 16.4 Å². The maximum Gasteiger partial charge on any atom is 0.271 e. The number of carbonyl (C=O) groups is 1. The number of piperidine rings is 1. The zero-order chi connectivity index (χ0) is 17.3. The smallest absolute Gasteiger partial charge is 0.271 e. The van der Waals surface area contributed by atoms with Crippen LogP contribution in [-0.2, 0) is 9.63 Å². The van der Waals surface area contributed by atoms with Crippen LogP contribution in [0.15, 0.2) is 23.5 Å². The maximum absolute atomic E-state index is 12.8. The van der Waals surface area contributed by atoms with Crippen molar-refractivity contribution in [2.75, 3.05) is 44.2 Å². The highest BCUT2D eigenvalue weighted by atomic mass is 35.5. The van der Waals surface area contributed by atoms with Gasteiger partial charge in [0.1, 0.15) is 17.1 Å². The molecule has 7 nitrogen and oxygen atoms in total. The van der Waals surface area contributed by atoms with Gasteiger partial charge in [0.15, 0.2) is 0 Å². The lowest BCUT2D eigenvalue weighted by Gasteiger charge is -2.35. The van der Waals surface area contributed by atoms with Crippen LogP contribution in [0, 0.1) is 0 Å². The van der Waals surface area contributed by atoms with Crippen LogP contribution in [0.4, 0.5) is 5.82 Å². The molecule has 0 aromatic carbocycles. The van der Waals surface area contributed by atoms with Crippen molar-refractivity contribution in [3.63, 3.8) is 0 Å². The normalized spacial score (nSPS) is 21.8. The van der Waals surface area contributed by atoms with E-state index in [1.807, 2.05) is 17.0 Å². The number of hydrogen-bond donors (Lipinski definition) is 1. The van der Waals surface area contributed by atoms with E-state index in [1.54, 1.807) is 6.20 Å². The number of oxime groups is 1. The van der Waals surface area contributed by atoms with Crippen molar-refractivity contribution >= 4 is 41.4 Å². The molecule has 1 spiro atoms. The molecule has 3 aliphatic rings. The molecule has 0 saturated carbocycles. The van der Waals surface area contributed by atoms with Crippen LogP contribution in [0.3, 0.4) is 0 Å². The molecule has 4 rings (SSSR count). The molecule has 142 valence electrons. The second kappa shape index (κ2) is 7.98. The van der Waals surface area contributed by atoms with Crippen molar-refractivity contribution in [1.29, 1.82) is 0 Å². The van der Waals surface area contributed by atoms with Gasteiger partial charge in [-0.05, 0) is 25.2 Å². The second-order valence-electron chi connectivity index (χ2n) is 6.83. The quantitative estimate of drug-likeness (QED) is 0.819. The molecule has 0 bridgehead atoms. The summed E-state index contributed by atoms with van der Waals surface area (Å²) >= 11 is 6.22. The van der Waals surface area contributed by atoms with E-state index >= 15 is 0 Å². The minimum atomic E-state index is -0.264. The van der Waals surface area contributed by atoms with Gasteiger partial charge in [-0.2, -0.15) is 0 Å². The van der Waals surface area contributed by atoms with Gasteiger partial charge in [-0.25, -0.2) is 4.98 Å². The first kappa shape index (κ1) is 19.2. The SMILES string of the molecule is Cl.O=C(C1=NOC2(CCNCC2)C1)N1CCN(c2ncccc2Cl)CC1. The fraction of sp³-hybridized carbons (Fsp3) is 0.588. The standard InChI is InChI=1S/C17H22ClN5O2.ClH/c18-13-2-1-5-20-15(13)22-8-10-23(11-9-22)16(24)14-12-17(25-21-14)3-6-19-7-4-17;/h1-2,5,19H,3-4,6-12H2;1H. The average molecular weight is 400 g/mol. The number of rotatable bonds is 2. The van der Waals surface area contributed by atoms with Crippen molar-refractivity contribution in [3.05, 3.63) is 23.4 Å². The number of nitrogens with zero attached hydrogens (tertiary/aromatic N) is 4. The predicted octanol–water partition coefficient (Wildman–Crippen LogP) is 1.70. The minimum absolute atomic E-state index is 0. The number of carbonyl (C=O) groups excluding carboxylic acids is 1. The van der Waals surface area contributed by atoms with Gasteiger partial charge < -0.3 is 20.0 Å². The molecule has 1 aromatic heterocycles. The third kappa shape index (κ3) is 3.75. The van der Waals surface area contributed by atoms with Gasteiger partial charge in [-0.1, -0.05) is 16.8 Å². The van der Waals surface area contributed by atoms with Gasteiger partial charge >= 0.3 is 0 Å². The number of halogens is 2. The average Bonchev–Trinajstić information content (AvgIpc) is 3.06. The lowest BCUT2D eigenvalue weighted by Crippen LogP contribution is -2.51. The lowest BCUT2D eigenvalue weighted by molar-refractivity contribution is -0.124. The molecule has 0 unspecified atom stereocenters. The van der Waals surface area contributed by atoms with Gasteiger partial charge in [0, 0.05) is 51.6 Å². The summed E-state index contributed by atoms with van der Waals surface area (Å²) < 4.78 is 0. The van der Waals surface area contributed by atoms with Crippen molar-refractivity contribution in [1.82, 2.24) is 15.2 Å². The van der Waals surface area contributed by atoms with Gasteiger partial charge in [0.2, 0.25) is 0 Å². The van der Waals surface area contributed by atoms with Crippen LogP contribution in [0.1, 0.15) is 19.3 Å². The topological polar surface area (TPSA) is 70.1 Å². The zero-order valence-corrected chi connectivity index (χ0v) is 16.1. The van der Waals surface area contributed by atoms with E-state index in [9.17, 15) is 4.79 Å². The summed E-state index contributed by atoms with van der Waals surface area (Å²) in [5.41, 5.74) is 0.297. The highest BCUT2D eigenvalue weighted by Gasteiger charge is 2.43.